The Morgan fingerprint density at radius 3 is 2.58 bits per heavy atom. The lowest BCUT2D eigenvalue weighted by molar-refractivity contribution is 0.149. The van der Waals surface area contributed by atoms with Crippen LogP contribution in [-0.2, 0) is 0 Å². The fraction of sp³-hybridized carbons (Fsp3) is 0.286. The second-order valence-electron chi connectivity index (χ2n) is 2.24. The monoisotopic (exact) mass is 303 g/mol. The van der Waals surface area contributed by atoms with Gasteiger partial charge in [-0.2, -0.15) is 0 Å². The number of alkyl halides is 2. The average molecular weight is 303 g/mol. The molecule has 0 aromatic carbocycles. The van der Waals surface area contributed by atoms with E-state index >= 15 is 0 Å². The number of nitrogens with zero attached hydrogens (tertiary/aromatic N) is 1. The highest BCUT2D eigenvalue weighted by molar-refractivity contribution is 14.1. The lowest BCUT2D eigenvalue weighted by atomic mass is 10.2. The SMILES string of the molecule is Cc1c(Cl)cnc(I)c1C(F)F. The molecular weight excluding hydrogens is 298 g/mol. The average Bonchev–Trinajstić information content (AvgIpc) is 1.97. The fourth-order valence-electron chi connectivity index (χ4n) is 0.817. The Labute approximate surface area is 87.3 Å². The van der Waals surface area contributed by atoms with E-state index < -0.39 is 6.43 Å². The fourth-order valence-corrected chi connectivity index (χ4v) is 1.75. The quantitative estimate of drug-likeness (QED) is 0.571. The minimum Gasteiger partial charge on any atom is -0.248 e. The van der Waals surface area contributed by atoms with Gasteiger partial charge in [0, 0.05) is 6.20 Å². The zero-order valence-electron chi connectivity index (χ0n) is 6.11. The normalized spacial score (nSPS) is 10.8. The molecule has 0 radical (unpaired) electrons. The summed E-state index contributed by atoms with van der Waals surface area (Å²) in [5.74, 6) is 0. The maximum atomic E-state index is 12.4. The van der Waals surface area contributed by atoms with E-state index in [2.05, 4.69) is 4.98 Å². The first-order chi connectivity index (χ1) is 5.54. The summed E-state index contributed by atoms with van der Waals surface area (Å²) in [7, 11) is 0. The third-order valence-electron chi connectivity index (χ3n) is 1.49. The van der Waals surface area contributed by atoms with E-state index in [4.69, 9.17) is 11.6 Å². The molecule has 5 heteroatoms. The highest BCUT2D eigenvalue weighted by atomic mass is 127. The first-order valence-corrected chi connectivity index (χ1v) is 4.58. The van der Waals surface area contributed by atoms with Crippen LogP contribution in [-0.4, -0.2) is 4.98 Å². The van der Waals surface area contributed by atoms with Crippen LogP contribution in [0.15, 0.2) is 6.20 Å². The van der Waals surface area contributed by atoms with Crippen molar-refractivity contribution < 1.29 is 8.78 Å². The van der Waals surface area contributed by atoms with E-state index in [1.807, 2.05) is 0 Å². The molecule has 12 heavy (non-hydrogen) atoms. The first kappa shape index (κ1) is 10.1. The van der Waals surface area contributed by atoms with Crippen LogP contribution in [0.25, 0.3) is 0 Å². The molecule has 66 valence electrons. The van der Waals surface area contributed by atoms with Gasteiger partial charge in [-0.3, -0.25) is 0 Å². The van der Waals surface area contributed by atoms with Gasteiger partial charge in [-0.25, -0.2) is 13.8 Å². The van der Waals surface area contributed by atoms with Crippen LogP contribution in [0, 0.1) is 10.6 Å². The second kappa shape index (κ2) is 3.83. The molecule has 0 N–H and O–H groups in total. The van der Waals surface area contributed by atoms with Crippen molar-refractivity contribution in [3.8, 4) is 0 Å². The Bertz CT molecular complexity index is 304. The topological polar surface area (TPSA) is 12.9 Å². The van der Waals surface area contributed by atoms with Gasteiger partial charge in [0.25, 0.3) is 6.43 Å². The molecular formula is C7H5ClF2IN. The molecule has 0 saturated heterocycles. The first-order valence-electron chi connectivity index (χ1n) is 3.12. The standard InChI is InChI=1S/C7H5ClF2IN/c1-3-4(8)2-12-7(11)5(3)6(9)10/h2,6H,1H3. The Morgan fingerprint density at radius 2 is 2.17 bits per heavy atom. The molecule has 0 saturated carbocycles. The number of hydrogen-bond donors (Lipinski definition) is 0. The van der Waals surface area contributed by atoms with E-state index in [1.54, 1.807) is 29.5 Å². The molecule has 0 aliphatic rings. The van der Waals surface area contributed by atoms with Crippen molar-refractivity contribution in [2.75, 3.05) is 0 Å². The van der Waals surface area contributed by atoms with Crippen molar-refractivity contribution in [1.29, 1.82) is 0 Å². The lowest BCUT2D eigenvalue weighted by Gasteiger charge is -2.07. The van der Waals surface area contributed by atoms with Crippen LogP contribution in [0.1, 0.15) is 17.6 Å². The van der Waals surface area contributed by atoms with Gasteiger partial charge in [0.1, 0.15) is 3.70 Å². The number of aromatic nitrogens is 1. The van der Waals surface area contributed by atoms with E-state index in [0.29, 0.717) is 9.26 Å². The predicted molar refractivity (Wildman–Crippen MR) is 51.7 cm³/mol. The molecule has 0 spiro atoms. The zero-order valence-corrected chi connectivity index (χ0v) is 9.03. The Morgan fingerprint density at radius 1 is 1.58 bits per heavy atom. The van der Waals surface area contributed by atoms with E-state index in [0.717, 1.165) is 0 Å². The molecule has 0 unspecified atom stereocenters. The van der Waals surface area contributed by atoms with E-state index in [9.17, 15) is 8.78 Å². The van der Waals surface area contributed by atoms with Crippen LogP contribution in [0.3, 0.4) is 0 Å². The minimum absolute atomic E-state index is 0.0666. The van der Waals surface area contributed by atoms with Crippen molar-refractivity contribution in [2.24, 2.45) is 0 Å². The zero-order chi connectivity index (χ0) is 9.30. The number of pyridine rings is 1. The molecule has 1 aromatic heterocycles. The van der Waals surface area contributed by atoms with Gasteiger partial charge in [0.2, 0.25) is 0 Å². The Hall–Kier alpha value is 0.0300. The molecule has 1 heterocycles. The summed E-state index contributed by atoms with van der Waals surface area (Å²) in [5.41, 5.74) is 0.342. The summed E-state index contributed by atoms with van der Waals surface area (Å²) in [6.45, 7) is 1.56. The van der Waals surface area contributed by atoms with Gasteiger partial charge < -0.3 is 0 Å². The molecule has 1 rings (SSSR count). The molecule has 0 bridgehead atoms. The number of hydrogen-bond acceptors (Lipinski definition) is 1. The lowest BCUT2D eigenvalue weighted by Crippen LogP contribution is -1.97. The van der Waals surface area contributed by atoms with Crippen LogP contribution >= 0.6 is 34.2 Å². The molecule has 0 atom stereocenters. The van der Waals surface area contributed by atoms with Crippen LogP contribution in [0.4, 0.5) is 8.78 Å². The third-order valence-corrected chi connectivity index (χ3v) is 2.73. The molecule has 0 aliphatic carbocycles. The van der Waals surface area contributed by atoms with Gasteiger partial charge >= 0.3 is 0 Å². The summed E-state index contributed by atoms with van der Waals surface area (Å²) in [6.07, 6.45) is -1.13. The summed E-state index contributed by atoms with van der Waals surface area (Å²) in [6, 6.07) is 0. The third kappa shape index (κ3) is 1.85. The van der Waals surface area contributed by atoms with Crippen molar-refractivity contribution in [3.63, 3.8) is 0 Å². The maximum Gasteiger partial charge on any atom is 0.266 e. The molecule has 0 aliphatic heterocycles. The van der Waals surface area contributed by atoms with Crippen molar-refractivity contribution >= 4 is 34.2 Å². The molecule has 1 nitrogen and oxygen atoms in total. The van der Waals surface area contributed by atoms with Crippen molar-refractivity contribution in [2.45, 2.75) is 13.3 Å². The summed E-state index contributed by atoms with van der Waals surface area (Å²) >= 11 is 7.40. The highest BCUT2D eigenvalue weighted by Gasteiger charge is 2.17. The predicted octanol–water partition coefficient (Wildman–Crippen LogP) is 3.59. The van der Waals surface area contributed by atoms with E-state index in [-0.39, 0.29) is 10.6 Å². The van der Waals surface area contributed by atoms with Crippen LogP contribution in [0.5, 0.6) is 0 Å². The van der Waals surface area contributed by atoms with Crippen LogP contribution < -0.4 is 0 Å². The number of rotatable bonds is 1. The summed E-state index contributed by atoms with van der Waals surface area (Å²) in [4.78, 5) is 3.74. The second-order valence-corrected chi connectivity index (χ2v) is 3.67. The molecule has 0 fully saturated rings. The van der Waals surface area contributed by atoms with Gasteiger partial charge in [-0.05, 0) is 35.1 Å². The molecule has 1 aromatic rings. The Kier molecular flexibility index (Phi) is 3.22. The number of halogens is 4. The van der Waals surface area contributed by atoms with Gasteiger partial charge in [-0.15, -0.1) is 0 Å². The summed E-state index contributed by atoms with van der Waals surface area (Å²) in [5, 5.41) is 0.283. The highest BCUT2D eigenvalue weighted by Crippen LogP contribution is 2.29. The largest absolute Gasteiger partial charge is 0.266 e. The minimum atomic E-state index is -2.51. The van der Waals surface area contributed by atoms with Crippen molar-refractivity contribution in [1.82, 2.24) is 4.98 Å². The van der Waals surface area contributed by atoms with Gasteiger partial charge in [0.05, 0.1) is 10.6 Å². The van der Waals surface area contributed by atoms with Gasteiger partial charge in [-0.1, -0.05) is 11.6 Å². The van der Waals surface area contributed by atoms with Crippen molar-refractivity contribution in [3.05, 3.63) is 26.0 Å². The molecule has 0 amide bonds. The van der Waals surface area contributed by atoms with Crippen LogP contribution in [0.2, 0.25) is 5.02 Å². The summed E-state index contributed by atoms with van der Waals surface area (Å²) < 4.78 is 25.0. The smallest absolute Gasteiger partial charge is 0.248 e. The maximum absolute atomic E-state index is 12.4. The van der Waals surface area contributed by atoms with E-state index in [1.165, 1.54) is 6.20 Å². The van der Waals surface area contributed by atoms with Gasteiger partial charge in [0.15, 0.2) is 0 Å². The Balaban J connectivity index is 3.33.